The van der Waals surface area contributed by atoms with Gasteiger partial charge >= 0.3 is 0 Å². The summed E-state index contributed by atoms with van der Waals surface area (Å²) in [5, 5.41) is 8.55. The molecule has 1 aliphatic rings. The average Bonchev–Trinajstić information content (AvgIpc) is 3.40. The van der Waals surface area contributed by atoms with Gasteiger partial charge in [-0.2, -0.15) is 0 Å². The molecule has 0 amide bonds. The van der Waals surface area contributed by atoms with Gasteiger partial charge in [-0.25, -0.2) is 17.8 Å². The van der Waals surface area contributed by atoms with Crippen molar-refractivity contribution in [3.63, 3.8) is 0 Å². The first kappa shape index (κ1) is 17.8. The van der Waals surface area contributed by atoms with Crippen LogP contribution in [0.4, 0.5) is 4.39 Å². The SMILES string of the molecule is O=C(CS(=O)(=O)C1CC1)c1cccc(-c2nnc(-c3cncc(F)c3)s2)n1. The monoisotopic (exact) mass is 404 g/mol. The molecule has 0 N–H and O–H groups in total. The molecule has 0 saturated heterocycles. The van der Waals surface area contributed by atoms with Crippen LogP contribution in [0.5, 0.6) is 0 Å². The maximum Gasteiger partial charge on any atom is 0.196 e. The molecule has 1 fully saturated rings. The first-order valence-corrected chi connectivity index (χ1v) is 10.6. The van der Waals surface area contributed by atoms with E-state index in [4.69, 9.17) is 0 Å². The number of carbonyl (C=O) groups is 1. The number of hydrogen-bond acceptors (Lipinski definition) is 8. The predicted octanol–water partition coefficient (Wildman–Crippen LogP) is 2.56. The van der Waals surface area contributed by atoms with E-state index in [1.54, 1.807) is 12.1 Å². The standard InChI is InChI=1S/C17H13FN4O3S2/c18-11-6-10(7-19-8-11)16-21-22-17(26-16)14-3-1-2-13(20-14)15(23)9-27(24,25)12-4-5-12/h1-3,6-8,12H,4-5,9H2. The number of hydrogen-bond donors (Lipinski definition) is 0. The maximum atomic E-state index is 13.3. The Morgan fingerprint density at radius 1 is 1.19 bits per heavy atom. The van der Waals surface area contributed by atoms with E-state index in [1.807, 2.05) is 0 Å². The molecule has 1 aliphatic carbocycles. The predicted molar refractivity (Wildman–Crippen MR) is 97.5 cm³/mol. The Kier molecular flexibility index (Phi) is 4.52. The fourth-order valence-electron chi connectivity index (χ4n) is 2.48. The largest absolute Gasteiger partial charge is 0.291 e. The lowest BCUT2D eigenvalue weighted by Gasteiger charge is -2.03. The summed E-state index contributed by atoms with van der Waals surface area (Å²) in [6.45, 7) is 0. The molecule has 0 unspecified atom stereocenters. The molecule has 1 saturated carbocycles. The van der Waals surface area contributed by atoms with Gasteiger partial charge in [-0.15, -0.1) is 10.2 Å². The Hall–Kier alpha value is -2.59. The number of nitrogens with zero attached hydrogens (tertiary/aromatic N) is 4. The summed E-state index contributed by atoms with van der Waals surface area (Å²) in [4.78, 5) is 20.3. The molecule has 4 rings (SSSR count). The average molecular weight is 404 g/mol. The van der Waals surface area contributed by atoms with Crippen molar-refractivity contribution in [2.75, 3.05) is 5.75 Å². The summed E-state index contributed by atoms with van der Waals surface area (Å²) in [6, 6.07) is 6.05. The minimum absolute atomic E-state index is 0.0703. The van der Waals surface area contributed by atoms with Crippen molar-refractivity contribution >= 4 is 27.0 Å². The first-order valence-electron chi connectivity index (χ1n) is 8.09. The Labute approximate surface area is 158 Å². The summed E-state index contributed by atoms with van der Waals surface area (Å²) in [5.41, 5.74) is 0.959. The van der Waals surface area contributed by atoms with Crippen LogP contribution in [0.3, 0.4) is 0 Å². The third-order valence-corrected chi connectivity index (χ3v) is 7.14. The van der Waals surface area contributed by atoms with Crippen molar-refractivity contribution in [1.29, 1.82) is 0 Å². The van der Waals surface area contributed by atoms with Crippen LogP contribution in [-0.2, 0) is 9.84 Å². The molecule has 3 aromatic rings. The van der Waals surface area contributed by atoms with Crippen LogP contribution < -0.4 is 0 Å². The van der Waals surface area contributed by atoms with E-state index in [-0.39, 0.29) is 5.69 Å². The number of ketones is 1. The van der Waals surface area contributed by atoms with E-state index >= 15 is 0 Å². The summed E-state index contributed by atoms with van der Waals surface area (Å²) in [6.07, 6.45) is 3.80. The third kappa shape index (κ3) is 3.91. The highest BCUT2D eigenvalue weighted by atomic mass is 32.2. The molecule has 0 aromatic carbocycles. The molecule has 0 radical (unpaired) electrons. The van der Waals surface area contributed by atoms with Gasteiger partial charge in [-0.3, -0.25) is 9.78 Å². The lowest BCUT2D eigenvalue weighted by Crippen LogP contribution is -2.20. The highest BCUT2D eigenvalue weighted by Gasteiger charge is 2.37. The summed E-state index contributed by atoms with van der Waals surface area (Å²) >= 11 is 1.18. The van der Waals surface area contributed by atoms with Gasteiger partial charge in [0.2, 0.25) is 0 Å². The van der Waals surface area contributed by atoms with Gasteiger partial charge < -0.3 is 0 Å². The van der Waals surface area contributed by atoms with E-state index in [0.29, 0.717) is 34.1 Å². The number of rotatable bonds is 6. The highest BCUT2D eigenvalue weighted by molar-refractivity contribution is 7.93. The lowest BCUT2D eigenvalue weighted by atomic mass is 10.2. The minimum atomic E-state index is -3.41. The fraction of sp³-hybridized carbons (Fsp3) is 0.235. The van der Waals surface area contributed by atoms with Gasteiger partial charge in [-0.05, 0) is 31.0 Å². The molecule has 138 valence electrons. The normalized spacial score (nSPS) is 14.3. The van der Waals surface area contributed by atoms with Crippen LogP contribution in [0, 0.1) is 5.82 Å². The van der Waals surface area contributed by atoms with Gasteiger partial charge in [0.05, 0.1) is 11.4 Å². The molecule has 3 aromatic heterocycles. The molecule has 3 heterocycles. The van der Waals surface area contributed by atoms with Crippen molar-refractivity contribution in [3.8, 4) is 21.3 Å². The van der Waals surface area contributed by atoms with Crippen molar-refractivity contribution in [1.82, 2.24) is 20.2 Å². The molecular weight excluding hydrogens is 391 g/mol. The van der Waals surface area contributed by atoms with E-state index in [9.17, 15) is 17.6 Å². The fourth-order valence-corrected chi connectivity index (χ4v) is 4.88. The van der Waals surface area contributed by atoms with Crippen molar-refractivity contribution in [2.45, 2.75) is 18.1 Å². The van der Waals surface area contributed by atoms with E-state index in [0.717, 1.165) is 6.20 Å². The summed E-state index contributed by atoms with van der Waals surface area (Å²) < 4.78 is 37.3. The van der Waals surface area contributed by atoms with Crippen LogP contribution in [0.15, 0.2) is 36.7 Å². The Balaban J connectivity index is 1.58. The zero-order valence-corrected chi connectivity index (χ0v) is 15.5. The number of pyridine rings is 2. The smallest absolute Gasteiger partial charge is 0.196 e. The van der Waals surface area contributed by atoms with Crippen LogP contribution in [-0.4, -0.2) is 45.4 Å². The van der Waals surface area contributed by atoms with Crippen molar-refractivity contribution < 1.29 is 17.6 Å². The van der Waals surface area contributed by atoms with Gasteiger partial charge in [0, 0.05) is 11.8 Å². The third-order valence-electron chi connectivity index (χ3n) is 4.00. The summed E-state index contributed by atoms with van der Waals surface area (Å²) in [7, 11) is -3.41. The molecule has 0 aliphatic heterocycles. The second-order valence-corrected chi connectivity index (χ2v) is 9.40. The Morgan fingerprint density at radius 3 is 2.70 bits per heavy atom. The molecule has 0 spiro atoms. The molecule has 27 heavy (non-hydrogen) atoms. The second kappa shape index (κ2) is 6.86. The van der Waals surface area contributed by atoms with Crippen LogP contribution >= 0.6 is 11.3 Å². The van der Waals surface area contributed by atoms with Gasteiger partial charge in [-0.1, -0.05) is 17.4 Å². The molecule has 7 nitrogen and oxygen atoms in total. The van der Waals surface area contributed by atoms with Crippen LogP contribution in [0.2, 0.25) is 0 Å². The number of aromatic nitrogens is 4. The Bertz CT molecular complexity index is 1130. The quantitative estimate of drug-likeness (QED) is 0.582. The van der Waals surface area contributed by atoms with Crippen molar-refractivity contribution in [2.24, 2.45) is 0 Å². The van der Waals surface area contributed by atoms with Gasteiger partial charge in [0.25, 0.3) is 0 Å². The van der Waals surface area contributed by atoms with E-state index in [1.165, 1.54) is 29.7 Å². The number of Topliss-reactive ketones (excluding diaryl/α,β-unsaturated/α-hetero) is 1. The van der Waals surface area contributed by atoms with Crippen LogP contribution in [0.25, 0.3) is 21.3 Å². The van der Waals surface area contributed by atoms with Gasteiger partial charge in [0.1, 0.15) is 28.0 Å². The second-order valence-electron chi connectivity index (χ2n) is 6.14. The molecule has 10 heteroatoms. The number of sulfone groups is 1. The van der Waals surface area contributed by atoms with Gasteiger partial charge in [0.15, 0.2) is 20.6 Å². The highest BCUT2D eigenvalue weighted by Crippen LogP contribution is 2.30. The van der Waals surface area contributed by atoms with E-state index < -0.39 is 32.4 Å². The molecule has 0 bridgehead atoms. The zero-order valence-electron chi connectivity index (χ0n) is 13.9. The topological polar surface area (TPSA) is 103 Å². The minimum Gasteiger partial charge on any atom is -0.291 e. The maximum absolute atomic E-state index is 13.3. The number of halogens is 1. The molecular formula is C17H13FN4O3S2. The zero-order chi connectivity index (χ0) is 19.0. The lowest BCUT2D eigenvalue weighted by molar-refractivity contribution is 0.101. The van der Waals surface area contributed by atoms with Crippen molar-refractivity contribution in [3.05, 3.63) is 48.2 Å². The first-order chi connectivity index (χ1) is 12.9. The Morgan fingerprint density at radius 2 is 1.96 bits per heavy atom. The van der Waals surface area contributed by atoms with E-state index in [2.05, 4.69) is 20.2 Å². The summed E-state index contributed by atoms with van der Waals surface area (Å²) in [5.74, 6) is -1.56. The number of carbonyl (C=O) groups excluding carboxylic acids is 1. The van der Waals surface area contributed by atoms with Crippen LogP contribution in [0.1, 0.15) is 23.3 Å². The molecule has 0 atom stereocenters.